The van der Waals surface area contributed by atoms with E-state index in [0.717, 1.165) is 30.4 Å². The summed E-state index contributed by atoms with van der Waals surface area (Å²) >= 11 is 0. The molecule has 0 saturated heterocycles. The smallest absolute Gasteiger partial charge is 0.391 e. The second-order valence-electron chi connectivity index (χ2n) is 6.94. The molecular weight excluding hydrogens is 407 g/mol. The summed E-state index contributed by atoms with van der Waals surface area (Å²) in [6.07, 6.45) is 10.4. The van der Waals surface area contributed by atoms with Gasteiger partial charge in [-0.25, -0.2) is 4.79 Å². The highest BCUT2D eigenvalue weighted by atomic mass is 19.4. The van der Waals surface area contributed by atoms with Gasteiger partial charge >= 0.3 is 12.1 Å². The van der Waals surface area contributed by atoms with Crippen molar-refractivity contribution in [1.29, 1.82) is 5.26 Å². The molecular formula is C24H28F3NO3. The Labute approximate surface area is 181 Å². The summed E-state index contributed by atoms with van der Waals surface area (Å²) in [5, 5.41) is 27.4. The highest BCUT2D eigenvalue weighted by Crippen LogP contribution is 2.37. The van der Waals surface area contributed by atoms with E-state index in [-0.39, 0.29) is 11.3 Å². The van der Waals surface area contributed by atoms with Crippen LogP contribution in [0.3, 0.4) is 0 Å². The van der Waals surface area contributed by atoms with Gasteiger partial charge in [-0.3, -0.25) is 0 Å². The van der Waals surface area contributed by atoms with Crippen LogP contribution >= 0.6 is 0 Å². The van der Waals surface area contributed by atoms with E-state index in [1.807, 2.05) is 19.1 Å². The lowest BCUT2D eigenvalue weighted by molar-refractivity contribution is -0.181. The van der Waals surface area contributed by atoms with Crippen molar-refractivity contribution in [3.63, 3.8) is 0 Å². The lowest BCUT2D eigenvalue weighted by Gasteiger charge is -2.23. The van der Waals surface area contributed by atoms with Crippen LogP contribution < -0.4 is 0 Å². The third-order valence-electron chi connectivity index (χ3n) is 4.81. The third-order valence-corrected chi connectivity index (χ3v) is 4.81. The van der Waals surface area contributed by atoms with E-state index in [4.69, 9.17) is 10.4 Å². The average Bonchev–Trinajstić information content (AvgIpc) is 2.76. The summed E-state index contributed by atoms with van der Waals surface area (Å²) in [7, 11) is 0. The Hall–Kier alpha value is -3.19. The number of benzene rings is 1. The minimum absolute atomic E-state index is 0.137. The summed E-state index contributed by atoms with van der Waals surface area (Å²) in [6, 6.07) is 7.45. The molecule has 0 spiro atoms. The van der Waals surface area contributed by atoms with Crippen molar-refractivity contribution in [1.82, 2.24) is 0 Å². The minimum atomic E-state index is -3.93. The fourth-order valence-corrected chi connectivity index (χ4v) is 3.02. The zero-order valence-corrected chi connectivity index (χ0v) is 17.7. The van der Waals surface area contributed by atoms with Gasteiger partial charge in [0, 0.05) is 0 Å². The number of nitriles is 1. The molecule has 1 fully saturated rings. The van der Waals surface area contributed by atoms with Gasteiger partial charge in [0.05, 0.1) is 23.1 Å². The number of hydrogen-bond donors (Lipinski definition) is 2. The van der Waals surface area contributed by atoms with Gasteiger partial charge in [-0.1, -0.05) is 37.5 Å². The van der Waals surface area contributed by atoms with Crippen LogP contribution in [0.25, 0.3) is 0 Å². The molecule has 2 N–H and O–H groups in total. The molecule has 1 aromatic carbocycles. The SMILES string of the molecule is C#C.C/C=C(O)\C(=C/Cc1ccc(C)c(C#N)c1)C(=O)O.FC(F)(F)C1CCCCC1. The summed E-state index contributed by atoms with van der Waals surface area (Å²) in [5.74, 6) is -2.44. The molecule has 4 nitrogen and oxygen atoms in total. The van der Waals surface area contributed by atoms with Crippen molar-refractivity contribution in [2.75, 3.05) is 0 Å². The molecule has 0 aromatic heterocycles. The van der Waals surface area contributed by atoms with Gasteiger partial charge in [-0.05, 0) is 56.4 Å². The van der Waals surface area contributed by atoms with Crippen molar-refractivity contribution in [2.45, 2.75) is 58.5 Å². The highest BCUT2D eigenvalue weighted by Gasteiger charge is 2.39. The van der Waals surface area contributed by atoms with E-state index in [0.29, 0.717) is 24.8 Å². The monoisotopic (exact) mass is 435 g/mol. The van der Waals surface area contributed by atoms with E-state index in [2.05, 4.69) is 18.9 Å². The van der Waals surface area contributed by atoms with Gasteiger partial charge in [-0.2, -0.15) is 18.4 Å². The second-order valence-corrected chi connectivity index (χ2v) is 6.94. The average molecular weight is 435 g/mol. The summed E-state index contributed by atoms with van der Waals surface area (Å²) in [4.78, 5) is 11.0. The van der Waals surface area contributed by atoms with Crippen molar-refractivity contribution in [3.05, 3.63) is 58.4 Å². The van der Waals surface area contributed by atoms with Gasteiger partial charge in [0.1, 0.15) is 5.76 Å². The Morgan fingerprint density at radius 1 is 1.23 bits per heavy atom. The molecule has 1 saturated carbocycles. The zero-order chi connectivity index (χ0) is 24.0. The number of carboxylic acids is 1. The van der Waals surface area contributed by atoms with Crippen molar-refractivity contribution in [2.24, 2.45) is 5.92 Å². The molecule has 0 bridgehead atoms. The number of carbonyl (C=O) groups is 1. The third kappa shape index (κ3) is 9.91. The molecule has 1 aromatic rings. The van der Waals surface area contributed by atoms with Crippen molar-refractivity contribution in [3.8, 4) is 18.9 Å². The zero-order valence-electron chi connectivity index (χ0n) is 17.7. The molecule has 31 heavy (non-hydrogen) atoms. The van der Waals surface area contributed by atoms with Crippen LogP contribution in [0.1, 0.15) is 55.7 Å². The van der Waals surface area contributed by atoms with Crippen LogP contribution in [0.4, 0.5) is 13.2 Å². The maximum atomic E-state index is 11.9. The number of terminal acetylenes is 1. The number of nitrogens with zero attached hydrogens (tertiary/aromatic N) is 1. The lowest BCUT2D eigenvalue weighted by Crippen LogP contribution is -2.24. The van der Waals surface area contributed by atoms with Gasteiger partial charge in [0.25, 0.3) is 0 Å². The topological polar surface area (TPSA) is 81.3 Å². The number of aryl methyl sites for hydroxylation is 1. The molecule has 0 radical (unpaired) electrons. The van der Waals surface area contributed by atoms with Crippen LogP contribution in [0.2, 0.25) is 0 Å². The van der Waals surface area contributed by atoms with Crippen LogP contribution in [-0.4, -0.2) is 22.4 Å². The van der Waals surface area contributed by atoms with Crippen molar-refractivity contribution >= 4 is 5.97 Å². The fourth-order valence-electron chi connectivity index (χ4n) is 3.02. The van der Waals surface area contributed by atoms with Crippen LogP contribution in [-0.2, 0) is 11.2 Å². The first-order valence-corrected chi connectivity index (χ1v) is 9.78. The minimum Gasteiger partial charge on any atom is -0.507 e. The Balaban J connectivity index is 0.000000628. The van der Waals surface area contributed by atoms with E-state index < -0.39 is 18.1 Å². The first-order valence-electron chi connectivity index (χ1n) is 9.78. The molecule has 0 amide bonds. The standard InChI is InChI=1S/C15H15NO3.C7H11F3.C2H2/c1-3-14(17)13(15(18)19)7-6-11-5-4-10(2)12(8-11)9-16;8-7(9,10)6-4-2-1-3-5-6;1-2/h3-5,7-8,17H,6H2,1-2H3,(H,18,19);6H,1-5H2;1-2H/b13-7+,14-3+;;. The maximum absolute atomic E-state index is 11.9. The number of aliphatic hydroxyl groups is 1. The van der Waals surface area contributed by atoms with E-state index in [1.54, 1.807) is 13.0 Å². The van der Waals surface area contributed by atoms with Gasteiger partial charge in [0.2, 0.25) is 0 Å². The number of allylic oxidation sites excluding steroid dienone is 2. The Morgan fingerprint density at radius 3 is 2.23 bits per heavy atom. The van der Waals surface area contributed by atoms with Crippen LogP contribution in [0.15, 0.2) is 41.7 Å². The maximum Gasteiger partial charge on any atom is 0.391 e. The molecule has 2 rings (SSSR count). The van der Waals surface area contributed by atoms with Gasteiger partial charge in [0.15, 0.2) is 0 Å². The Kier molecular flexibility index (Phi) is 12.5. The van der Waals surface area contributed by atoms with Crippen LogP contribution in [0.5, 0.6) is 0 Å². The number of aliphatic carboxylic acids is 1. The Morgan fingerprint density at radius 2 is 1.81 bits per heavy atom. The number of carboxylic acid groups (broad SMARTS) is 1. The normalized spacial score (nSPS) is 14.9. The molecule has 0 aliphatic heterocycles. The fraction of sp³-hybridized carbons (Fsp3) is 0.417. The highest BCUT2D eigenvalue weighted by molar-refractivity contribution is 5.90. The summed E-state index contributed by atoms with van der Waals surface area (Å²) < 4.78 is 35.8. The number of rotatable bonds is 4. The van der Waals surface area contributed by atoms with Crippen LogP contribution in [0, 0.1) is 37.0 Å². The molecule has 1 aliphatic rings. The number of aliphatic hydroxyl groups excluding tert-OH is 1. The molecule has 7 heteroatoms. The molecule has 0 atom stereocenters. The lowest BCUT2D eigenvalue weighted by atomic mass is 9.89. The number of hydrogen-bond acceptors (Lipinski definition) is 3. The quantitative estimate of drug-likeness (QED) is 0.253. The molecule has 168 valence electrons. The van der Waals surface area contributed by atoms with Gasteiger partial charge < -0.3 is 10.2 Å². The molecule has 0 unspecified atom stereocenters. The number of halogens is 3. The van der Waals surface area contributed by atoms with E-state index in [9.17, 15) is 23.1 Å². The summed E-state index contributed by atoms with van der Waals surface area (Å²) in [5.41, 5.74) is 2.13. The van der Waals surface area contributed by atoms with Gasteiger partial charge in [-0.15, -0.1) is 12.8 Å². The predicted octanol–water partition coefficient (Wildman–Crippen LogP) is 6.26. The molecule has 0 heterocycles. The van der Waals surface area contributed by atoms with E-state index in [1.165, 1.54) is 12.2 Å². The van der Waals surface area contributed by atoms with Crippen molar-refractivity contribution < 1.29 is 28.2 Å². The number of alkyl halides is 3. The summed E-state index contributed by atoms with van der Waals surface area (Å²) in [6.45, 7) is 3.40. The largest absolute Gasteiger partial charge is 0.507 e. The first-order chi connectivity index (χ1) is 14.6. The molecule has 1 aliphatic carbocycles. The first kappa shape index (κ1) is 27.8. The predicted molar refractivity (Wildman–Crippen MR) is 114 cm³/mol. The van der Waals surface area contributed by atoms with E-state index >= 15 is 0 Å². The second kappa shape index (κ2) is 13.9. The Bertz CT molecular complexity index is 840.